The molecule has 0 radical (unpaired) electrons. The maximum Gasteiger partial charge on any atom is 0.158 e. The van der Waals surface area contributed by atoms with Crippen LogP contribution >= 0.6 is 11.3 Å². The number of phenolic OH excluding ortho intramolecular Hbond substituents is 2. The van der Waals surface area contributed by atoms with Crippen LogP contribution in [-0.4, -0.2) is 15.2 Å². The first-order valence-electron chi connectivity index (χ1n) is 6.37. The summed E-state index contributed by atoms with van der Waals surface area (Å²) in [6, 6.07) is 14.2. The number of hydrogen-bond acceptors (Lipinski definition) is 5. The smallest absolute Gasteiger partial charge is 0.158 e. The molecule has 0 unspecified atom stereocenters. The van der Waals surface area contributed by atoms with Crippen LogP contribution in [0.2, 0.25) is 0 Å². The van der Waals surface area contributed by atoms with E-state index in [1.165, 1.54) is 23.5 Å². The zero-order valence-corrected chi connectivity index (χ0v) is 11.9. The second-order valence-corrected chi connectivity index (χ2v) is 5.37. The molecule has 0 amide bonds. The fraction of sp³-hybridized carbons (Fsp3) is 0.0625. The van der Waals surface area contributed by atoms with Crippen LogP contribution in [0.1, 0.15) is 5.01 Å². The Labute approximate surface area is 125 Å². The first-order valence-corrected chi connectivity index (χ1v) is 7.25. The van der Waals surface area contributed by atoms with Gasteiger partial charge in [-0.3, -0.25) is 0 Å². The zero-order valence-electron chi connectivity index (χ0n) is 11.1. The summed E-state index contributed by atoms with van der Waals surface area (Å²) in [4.78, 5) is 4.47. The van der Waals surface area contributed by atoms with Crippen LogP contribution in [0.3, 0.4) is 0 Å². The predicted molar refractivity (Wildman–Crippen MR) is 81.7 cm³/mol. The Bertz CT molecular complexity index is 740. The van der Waals surface area contributed by atoms with E-state index in [-0.39, 0.29) is 11.5 Å². The normalized spacial score (nSPS) is 10.5. The molecule has 1 heterocycles. The molecule has 106 valence electrons. The number of thiazole rings is 1. The van der Waals surface area contributed by atoms with Crippen LogP contribution in [0.15, 0.2) is 53.9 Å². The number of aromatic hydroxyl groups is 2. The highest BCUT2D eigenvalue weighted by Gasteiger charge is 2.08. The van der Waals surface area contributed by atoms with Crippen molar-refractivity contribution in [3.8, 4) is 28.5 Å². The number of aromatic nitrogens is 1. The fourth-order valence-corrected chi connectivity index (χ4v) is 2.57. The molecule has 0 aliphatic heterocycles. The third-order valence-electron chi connectivity index (χ3n) is 2.93. The lowest BCUT2D eigenvalue weighted by atomic mass is 10.1. The van der Waals surface area contributed by atoms with Gasteiger partial charge in [0, 0.05) is 10.9 Å². The molecule has 1 aromatic heterocycles. The molecule has 4 nitrogen and oxygen atoms in total. The van der Waals surface area contributed by atoms with E-state index in [4.69, 9.17) is 4.74 Å². The second-order valence-electron chi connectivity index (χ2n) is 4.43. The van der Waals surface area contributed by atoms with Gasteiger partial charge in [0.1, 0.15) is 17.4 Å². The summed E-state index contributed by atoms with van der Waals surface area (Å²) in [6.45, 7) is 0.402. The number of benzene rings is 2. The highest BCUT2D eigenvalue weighted by atomic mass is 32.1. The third kappa shape index (κ3) is 3.14. The van der Waals surface area contributed by atoms with Crippen LogP contribution in [0, 0.1) is 0 Å². The van der Waals surface area contributed by atoms with Crippen molar-refractivity contribution < 1.29 is 14.9 Å². The lowest BCUT2D eigenvalue weighted by Crippen LogP contribution is -1.94. The molecule has 0 aliphatic carbocycles. The number of ether oxygens (including phenoxy) is 1. The molecule has 5 heteroatoms. The molecule has 2 aromatic carbocycles. The Morgan fingerprint density at radius 2 is 1.81 bits per heavy atom. The quantitative estimate of drug-likeness (QED) is 0.719. The zero-order chi connectivity index (χ0) is 14.7. The molecule has 3 aromatic rings. The van der Waals surface area contributed by atoms with Gasteiger partial charge in [0.25, 0.3) is 0 Å². The van der Waals surface area contributed by atoms with Crippen LogP contribution in [0.4, 0.5) is 0 Å². The van der Waals surface area contributed by atoms with Crippen molar-refractivity contribution in [2.45, 2.75) is 6.61 Å². The molecule has 21 heavy (non-hydrogen) atoms. The van der Waals surface area contributed by atoms with E-state index in [1.54, 1.807) is 6.07 Å². The van der Waals surface area contributed by atoms with Crippen LogP contribution in [0.5, 0.6) is 17.2 Å². The van der Waals surface area contributed by atoms with Crippen molar-refractivity contribution in [2.75, 3.05) is 0 Å². The Balaban J connectivity index is 1.72. The van der Waals surface area contributed by atoms with E-state index in [2.05, 4.69) is 4.98 Å². The summed E-state index contributed by atoms with van der Waals surface area (Å²) in [6.07, 6.45) is 0. The minimum absolute atomic E-state index is 0.137. The van der Waals surface area contributed by atoms with Crippen molar-refractivity contribution in [1.82, 2.24) is 4.98 Å². The van der Waals surface area contributed by atoms with Gasteiger partial charge in [0.2, 0.25) is 0 Å². The largest absolute Gasteiger partial charge is 0.504 e. The monoisotopic (exact) mass is 299 g/mol. The Morgan fingerprint density at radius 3 is 2.57 bits per heavy atom. The van der Waals surface area contributed by atoms with Crippen molar-refractivity contribution in [1.29, 1.82) is 0 Å². The van der Waals surface area contributed by atoms with E-state index < -0.39 is 0 Å². The van der Waals surface area contributed by atoms with Crippen molar-refractivity contribution in [3.63, 3.8) is 0 Å². The van der Waals surface area contributed by atoms with Crippen LogP contribution in [0.25, 0.3) is 11.3 Å². The van der Waals surface area contributed by atoms with Gasteiger partial charge in [-0.2, -0.15) is 0 Å². The van der Waals surface area contributed by atoms with Crippen molar-refractivity contribution in [2.24, 2.45) is 0 Å². The maximum atomic E-state index is 9.52. The van der Waals surface area contributed by atoms with Gasteiger partial charge in [0.05, 0.1) is 5.69 Å². The Kier molecular flexibility index (Phi) is 3.75. The molecule has 0 saturated heterocycles. The second kappa shape index (κ2) is 5.85. The topological polar surface area (TPSA) is 62.6 Å². The minimum atomic E-state index is -0.150. The van der Waals surface area contributed by atoms with Gasteiger partial charge in [-0.15, -0.1) is 11.3 Å². The summed E-state index contributed by atoms with van der Waals surface area (Å²) in [7, 11) is 0. The van der Waals surface area contributed by atoms with Gasteiger partial charge in [0.15, 0.2) is 11.5 Å². The number of nitrogens with zero attached hydrogens (tertiary/aromatic N) is 1. The molecule has 2 N–H and O–H groups in total. The van der Waals surface area contributed by atoms with E-state index in [0.29, 0.717) is 6.61 Å². The summed E-state index contributed by atoms with van der Waals surface area (Å²) in [5, 5.41) is 21.6. The Hall–Kier alpha value is -2.53. The lowest BCUT2D eigenvalue weighted by Gasteiger charge is -2.03. The SMILES string of the molecule is Oc1ccc(-c2csc(COc3ccccc3)n2)cc1O. The van der Waals surface area contributed by atoms with Crippen molar-refractivity contribution in [3.05, 3.63) is 58.9 Å². The molecular formula is C16H13NO3S. The van der Waals surface area contributed by atoms with E-state index in [9.17, 15) is 10.2 Å². The number of rotatable bonds is 4. The standard InChI is InChI=1S/C16H13NO3S/c18-14-7-6-11(8-15(14)19)13-10-21-16(17-13)9-20-12-4-2-1-3-5-12/h1-8,10,18-19H,9H2. The number of phenols is 2. The van der Waals surface area contributed by atoms with E-state index in [0.717, 1.165) is 22.0 Å². The molecule has 0 bridgehead atoms. The first kappa shape index (κ1) is 13.5. The molecular weight excluding hydrogens is 286 g/mol. The summed E-state index contributed by atoms with van der Waals surface area (Å²) >= 11 is 1.49. The van der Waals surface area contributed by atoms with Gasteiger partial charge >= 0.3 is 0 Å². The fourth-order valence-electron chi connectivity index (χ4n) is 1.85. The van der Waals surface area contributed by atoms with Gasteiger partial charge in [-0.1, -0.05) is 18.2 Å². The molecule has 0 atom stereocenters. The maximum absolute atomic E-state index is 9.52. The highest BCUT2D eigenvalue weighted by Crippen LogP contribution is 2.31. The van der Waals surface area contributed by atoms with Crippen LogP contribution < -0.4 is 4.74 Å². The average molecular weight is 299 g/mol. The predicted octanol–water partition coefficient (Wildman–Crippen LogP) is 3.80. The summed E-state index contributed by atoms with van der Waals surface area (Å²) in [5.41, 5.74) is 1.51. The van der Waals surface area contributed by atoms with Crippen LogP contribution in [-0.2, 0) is 6.61 Å². The molecule has 0 fully saturated rings. The van der Waals surface area contributed by atoms with Gasteiger partial charge < -0.3 is 14.9 Å². The summed E-state index contributed by atoms with van der Waals surface area (Å²) < 4.78 is 5.64. The van der Waals surface area contributed by atoms with Gasteiger partial charge in [-0.05, 0) is 30.3 Å². The lowest BCUT2D eigenvalue weighted by molar-refractivity contribution is 0.305. The van der Waals surface area contributed by atoms with Gasteiger partial charge in [-0.25, -0.2) is 4.98 Å². The third-order valence-corrected chi connectivity index (χ3v) is 3.75. The molecule has 0 saturated carbocycles. The van der Waals surface area contributed by atoms with E-state index >= 15 is 0 Å². The first-order chi connectivity index (χ1) is 10.2. The molecule has 3 rings (SSSR count). The van der Waals surface area contributed by atoms with Crippen molar-refractivity contribution >= 4 is 11.3 Å². The molecule has 0 aliphatic rings. The molecule has 0 spiro atoms. The highest BCUT2D eigenvalue weighted by molar-refractivity contribution is 7.09. The number of para-hydroxylation sites is 1. The minimum Gasteiger partial charge on any atom is -0.504 e. The van der Waals surface area contributed by atoms with E-state index in [1.807, 2.05) is 35.7 Å². The Morgan fingerprint density at radius 1 is 1.00 bits per heavy atom. The average Bonchev–Trinajstić information content (AvgIpc) is 2.98. The summed E-state index contributed by atoms with van der Waals surface area (Å²) in [5.74, 6) is 0.515. The number of hydrogen-bond donors (Lipinski definition) is 2.